The van der Waals surface area contributed by atoms with E-state index in [2.05, 4.69) is 15.9 Å². The van der Waals surface area contributed by atoms with Crippen LogP contribution in [0.2, 0.25) is 0 Å². The summed E-state index contributed by atoms with van der Waals surface area (Å²) in [5, 5.41) is 11.1. The molecule has 0 radical (unpaired) electrons. The second-order valence-corrected chi connectivity index (χ2v) is 4.98. The van der Waals surface area contributed by atoms with E-state index >= 15 is 0 Å². The number of rotatable bonds is 9. The molecule has 8 heteroatoms. The zero-order chi connectivity index (χ0) is 15.8. The lowest BCUT2D eigenvalue weighted by atomic mass is 10.1. The maximum Gasteiger partial charge on any atom is 0.312 e. The second kappa shape index (κ2) is 8.71. The van der Waals surface area contributed by atoms with Crippen LogP contribution < -0.4 is 4.74 Å². The Labute approximate surface area is 130 Å². The number of benzene rings is 1. The molecular weight excluding hydrogens is 346 g/mol. The Hall–Kier alpha value is -1.51. The number of nitrogens with zero attached hydrogens (tertiary/aromatic N) is 1. The Morgan fingerprint density at radius 3 is 2.52 bits per heavy atom. The van der Waals surface area contributed by atoms with Crippen LogP contribution in [-0.4, -0.2) is 44.2 Å². The Kier molecular flexibility index (Phi) is 7.27. The maximum atomic E-state index is 11.6. The lowest BCUT2D eigenvalue weighted by Gasteiger charge is -2.11. The molecule has 0 amide bonds. The van der Waals surface area contributed by atoms with Crippen LogP contribution in [0.15, 0.2) is 16.6 Å². The Morgan fingerprint density at radius 2 is 1.95 bits per heavy atom. The summed E-state index contributed by atoms with van der Waals surface area (Å²) in [6.45, 7) is 2.53. The van der Waals surface area contributed by atoms with Gasteiger partial charge in [0.2, 0.25) is 5.75 Å². The highest BCUT2D eigenvalue weighted by molar-refractivity contribution is 9.10. The third-order valence-corrected chi connectivity index (χ3v) is 2.97. The summed E-state index contributed by atoms with van der Waals surface area (Å²) in [5.74, 6) is -0.347. The summed E-state index contributed by atoms with van der Waals surface area (Å²) >= 11 is 3.14. The fraction of sp³-hybridized carbons (Fsp3) is 0.462. The van der Waals surface area contributed by atoms with Crippen molar-refractivity contribution in [3.05, 3.63) is 32.3 Å². The molecule has 0 fully saturated rings. The fourth-order valence-electron chi connectivity index (χ4n) is 1.58. The van der Waals surface area contributed by atoms with E-state index in [9.17, 15) is 14.9 Å². The van der Waals surface area contributed by atoms with Crippen molar-refractivity contribution in [1.82, 2.24) is 0 Å². The van der Waals surface area contributed by atoms with Crippen LogP contribution in [0.4, 0.5) is 5.69 Å². The number of methoxy groups -OCH3 is 1. The fourth-order valence-corrected chi connectivity index (χ4v) is 2.02. The molecule has 0 aromatic heterocycles. The smallest absolute Gasteiger partial charge is 0.312 e. The van der Waals surface area contributed by atoms with Gasteiger partial charge in [0.05, 0.1) is 30.3 Å². The largest absolute Gasteiger partial charge is 0.484 e. The number of carbonyl (C=O) groups excluding carboxylic acids is 1. The zero-order valence-corrected chi connectivity index (χ0v) is 13.3. The summed E-state index contributed by atoms with van der Waals surface area (Å²) in [6.07, 6.45) is 0. The summed E-state index contributed by atoms with van der Waals surface area (Å²) in [6, 6.07) is 2.80. The first-order valence-corrected chi connectivity index (χ1v) is 6.95. The standard InChI is InChI=1S/C13H16BrNO6/c1-9(16)11-7-10(14)8-12(15(17)18)13(11)21-6-5-20-4-3-19-2/h7-8H,3-6H2,1-2H3. The lowest BCUT2D eigenvalue weighted by Crippen LogP contribution is -2.12. The van der Waals surface area contributed by atoms with Gasteiger partial charge < -0.3 is 14.2 Å². The van der Waals surface area contributed by atoms with E-state index in [1.54, 1.807) is 7.11 Å². The Balaban J connectivity index is 2.83. The Morgan fingerprint density at radius 1 is 1.29 bits per heavy atom. The zero-order valence-electron chi connectivity index (χ0n) is 11.8. The third kappa shape index (κ3) is 5.41. The van der Waals surface area contributed by atoms with Gasteiger partial charge in [-0.3, -0.25) is 14.9 Å². The monoisotopic (exact) mass is 361 g/mol. The molecule has 7 nitrogen and oxygen atoms in total. The van der Waals surface area contributed by atoms with E-state index in [4.69, 9.17) is 14.2 Å². The number of hydrogen-bond acceptors (Lipinski definition) is 6. The molecule has 1 rings (SSSR count). The molecule has 0 saturated heterocycles. The van der Waals surface area contributed by atoms with Crippen LogP contribution in [0.1, 0.15) is 17.3 Å². The van der Waals surface area contributed by atoms with Gasteiger partial charge in [0.15, 0.2) is 5.78 Å². The summed E-state index contributed by atoms with van der Waals surface area (Å²) in [7, 11) is 1.56. The van der Waals surface area contributed by atoms with Crippen LogP contribution >= 0.6 is 15.9 Å². The minimum Gasteiger partial charge on any atom is -0.484 e. The van der Waals surface area contributed by atoms with Crippen LogP contribution in [0.5, 0.6) is 5.75 Å². The quantitative estimate of drug-likeness (QED) is 0.290. The van der Waals surface area contributed by atoms with E-state index < -0.39 is 4.92 Å². The van der Waals surface area contributed by atoms with Gasteiger partial charge in [0, 0.05) is 17.6 Å². The predicted octanol–water partition coefficient (Wildman–Crippen LogP) is 2.60. The number of ether oxygens (including phenoxy) is 3. The highest BCUT2D eigenvalue weighted by atomic mass is 79.9. The number of halogens is 1. The minimum atomic E-state index is -0.585. The normalized spacial score (nSPS) is 10.4. The van der Waals surface area contributed by atoms with E-state index in [-0.39, 0.29) is 36.0 Å². The van der Waals surface area contributed by atoms with E-state index in [1.165, 1.54) is 19.1 Å². The van der Waals surface area contributed by atoms with Crippen LogP contribution in [0.25, 0.3) is 0 Å². The first-order chi connectivity index (χ1) is 9.97. The highest BCUT2D eigenvalue weighted by Crippen LogP contribution is 2.34. The molecule has 116 valence electrons. The van der Waals surface area contributed by atoms with Crippen LogP contribution in [0, 0.1) is 10.1 Å². The van der Waals surface area contributed by atoms with Crippen molar-refractivity contribution in [2.45, 2.75) is 6.92 Å². The average molecular weight is 362 g/mol. The molecule has 0 heterocycles. The Bertz CT molecular complexity index is 484. The molecule has 0 N–H and O–H groups in total. The maximum absolute atomic E-state index is 11.6. The van der Waals surface area contributed by atoms with Crippen molar-refractivity contribution in [3.8, 4) is 5.75 Å². The molecule has 0 aliphatic heterocycles. The van der Waals surface area contributed by atoms with E-state index in [0.717, 1.165) is 0 Å². The molecule has 0 aliphatic carbocycles. The van der Waals surface area contributed by atoms with E-state index in [0.29, 0.717) is 17.7 Å². The van der Waals surface area contributed by atoms with Gasteiger partial charge in [-0.25, -0.2) is 0 Å². The van der Waals surface area contributed by atoms with Crippen LogP contribution in [-0.2, 0) is 9.47 Å². The van der Waals surface area contributed by atoms with Crippen molar-refractivity contribution < 1.29 is 23.9 Å². The molecular formula is C13H16BrNO6. The summed E-state index contributed by atoms with van der Waals surface area (Å²) in [4.78, 5) is 22.1. The van der Waals surface area contributed by atoms with Crippen molar-refractivity contribution in [2.24, 2.45) is 0 Å². The lowest BCUT2D eigenvalue weighted by molar-refractivity contribution is -0.386. The van der Waals surface area contributed by atoms with Crippen molar-refractivity contribution in [1.29, 1.82) is 0 Å². The van der Waals surface area contributed by atoms with Crippen molar-refractivity contribution in [3.63, 3.8) is 0 Å². The minimum absolute atomic E-state index is 0.0361. The number of carbonyl (C=O) groups is 1. The summed E-state index contributed by atoms with van der Waals surface area (Å²) < 4.78 is 15.8. The van der Waals surface area contributed by atoms with Gasteiger partial charge in [0.1, 0.15) is 6.61 Å². The molecule has 0 bridgehead atoms. The van der Waals surface area contributed by atoms with Gasteiger partial charge in [-0.2, -0.15) is 0 Å². The first kappa shape index (κ1) is 17.5. The molecule has 1 aromatic rings. The number of nitro groups is 1. The highest BCUT2D eigenvalue weighted by Gasteiger charge is 2.23. The molecule has 0 unspecified atom stereocenters. The predicted molar refractivity (Wildman–Crippen MR) is 79.0 cm³/mol. The molecule has 21 heavy (non-hydrogen) atoms. The van der Waals surface area contributed by atoms with Crippen molar-refractivity contribution in [2.75, 3.05) is 33.5 Å². The molecule has 0 atom stereocenters. The van der Waals surface area contributed by atoms with E-state index in [1.807, 2.05) is 0 Å². The number of nitro benzene ring substituents is 1. The van der Waals surface area contributed by atoms with Gasteiger partial charge >= 0.3 is 5.69 Å². The summed E-state index contributed by atoms with van der Waals surface area (Å²) in [5.41, 5.74) is -0.0977. The van der Waals surface area contributed by atoms with Gasteiger partial charge in [-0.1, -0.05) is 15.9 Å². The molecule has 0 spiro atoms. The first-order valence-electron chi connectivity index (χ1n) is 6.15. The number of hydrogen-bond donors (Lipinski definition) is 0. The van der Waals surface area contributed by atoms with Gasteiger partial charge in [0.25, 0.3) is 0 Å². The second-order valence-electron chi connectivity index (χ2n) is 4.07. The third-order valence-electron chi connectivity index (χ3n) is 2.52. The SMILES string of the molecule is COCCOCCOc1c(C(C)=O)cc(Br)cc1[N+](=O)[O-]. The van der Waals surface area contributed by atoms with Crippen molar-refractivity contribution >= 4 is 27.4 Å². The topological polar surface area (TPSA) is 87.9 Å². The molecule has 0 saturated carbocycles. The average Bonchev–Trinajstić information content (AvgIpc) is 2.42. The van der Waals surface area contributed by atoms with Gasteiger partial charge in [-0.05, 0) is 13.0 Å². The molecule has 0 aliphatic rings. The number of ketones is 1. The molecule has 1 aromatic carbocycles. The van der Waals surface area contributed by atoms with Gasteiger partial charge in [-0.15, -0.1) is 0 Å². The van der Waals surface area contributed by atoms with Crippen LogP contribution in [0.3, 0.4) is 0 Å². The number of Topliss-reactive ketones (excluding diaryl/α,β-unsaturated/α-hetero) is 1.